The number of primary amides is 1. The Kier molecular flexibility index (Phi) is 7.73. The number of allylic oxidation sites excluding steroid dienone is 1. The van der Waals surface area contributed by atoms with Crippen LogP contribution in [0.3, 0.4) is 0 Å². The lowest BCUT2D eigenvalue weighted by molar-refractivity contribution is -0.148. The highest BCUT2D eigenvalue weighted by atomic mass is 32.1. The first-order valence-corrected chi connectivity index (χ1v) is 15.3. The number of likely N-dealkylation sites (N-methyl/N-ethyl adjacent to an activating group) is 1. The second-order valence-corrected chi connectivity index (χ2v) is 14.5. The van der Waals surface area contributed by atoms with Crippen LogP contribution in [0.5, 0.6) is 5.75 Å². The van der Waals surface area contributed by atoms with E-state index >= 15 is 0 Å². The number of carbonyl (C=O) groups excluding carboxylic acids is 3. The Morgan fingerprint density at radius 1 is 1.14 bits per heavy atom. The van der Waals surface area contributed by atoms with Gasteiger partial charge in [0.2, 0.25) is 5.78 Å². The number of aromatic hydroxyl groups is 1. The molecule has 2 aromatic rings. The molecule has 4 atom stereocenters. The number of nitrogens with two attached hydrogens (primary N) is 1. The topological polar surface area (TPSA) is 177 Å². The van der Waals surface area contributed by atoms with Crippen molar-refractivity contribution in [3.8, 4) is 16.2 Å². The molecule has 0 saturated carbocycles. The molecule has 0 spiro atoms. The predicted molar refractivity (Wildman–Crippen MR) is 168 cm³/mol. The number of rotatable bonds is 6. The highest BCUT2D eigenvalue weighted by Crippen LogP contribution is 2.54. The van der Waals surface area contributed by atoms with Gasteiger partial charge in [0, 0.05) is 58.7 Å². The van der Waals surface area contributed by atoms with E-state index in [0.29, 0.717) is 23.4 Å². The van der Waals surface area contributed by atoms with E-state index in [4.69, 9.17) is 5.73 Å². The number of Topliss-reactive ketones (excluding diaryl/α,β-unsaturated/α-hetero) is 2. The fourth-order valence-electron chi connectivity index (χ4n) is 6.86. The van der Waals surface area contributed by atoms with Gasteiger partial charge < -0.3 is 36.4 Å². The van der Waals surface area contributed by atoms with Gasteiger partial charge >= 0.3 is 0 Å². The van der Waals surface area contributed by atoms with Gasteiger partial charge in [0.15, 0.2) is 11.4 Å². The quantitative estimate of drug-likeness (QED) is 0.262. The molecule has 3 aliphatic carbocycles. The van der Waals surface area contributed by atoms with Crippen molar-refractivity contribution in [1.29, 1.82) is 0 Å². The first kappa shape index (κ1) is 31.7. The maximum atomic E-state index is 14.3. The van der Waals surface area contributed by atoms with Gasteiger partial charge in [-0.25, -0.2) is 0 Å². The van der Waals surface area contributed by atoms with Crippen molar-refractivity contribution >= 4 is 34.5 Å². The Bertz CT molecular complexity index is 1650. The predicted octanol–water partition coefficient (Wildman–Crippen LogP) is 2.80. The van der Waals surface area contributed by atoms with E-state index in [1.807, 2.05) is 37.2 Å². The summed E-state index contributed by atoms with van der Waals surface area (Å²) in [4.78, 5) is 45.3. The zero-order chi connectivity index (χ0) is 32.6. The Labute approximate surface area is 260 Å². The van der Waals surface area contributed by atoms with Crippen LogP contribution < -0.4 is 16.0 Å². The molecule has 11 nitrogen and oxygen atoms in total. The average Bonchev–Trinajstić information content (AvgIpc) is 3.37. The molecular formula is C32H40N4O7S. The number of benzene rings is 1. The number of amides is 1. The molecule has 1 aromatic heterocycles. The van der Waals surface area contributed by atoms with Gasteiger partial charge in [-0.1, -0.05) is 0 Å². The normalized spacial score (nSPS) is 25.2. The zero-order valence-electron chi connectivity index (χ0n) is 26.0. The number of thiophene rings is 1. The lowest BCUT2D eigenvalue weighted by Crippen LogP contribution is -2.63. The van der Waals surface area contributed by atoms with Crippen molar-refractivity contribution in [1.82, 2.24) is 10.2 Å². The van der Waals surface area contributed by atoms with E-state index in [0.717, 1.165) is 9.75 Å². The van der Waals surface area contributed by atoms with Gasteiger partial charge in [0.05, 0.1) is 11.6 Å². The molecule has 12 heteroatoms. The number of aliphatic hydroxyl groups is 3. The van der Waals surface area contributed by atoms with Crippen LogP contribution in [0, 0.1) is 11.8 Å². The van der Waals surface area contributed by atoms with E-state index in [2.05, 4.69) is 26.1 Å². The second kappa shape index (κ2) is 10.7. The van der Waals surface area contributed by atoms with Gasteiger partial charge in [0.25, 0.3) is 5.91 Å². The van der Waals surface area contributed by atoms with Crippen LogP contribution in [0.2, 0.25) is 0 Å². The van der Waals surface area contributed by atoms with Crippen molar-refractivity contribution in [2.75, 3.05) is 33.1 Å². The number of aliphatic hydroxyl groups excluding tert-OH is 2. The molecule has 0 aliphatic heterocycles. The minimum atomic E-state index is -2.68. The molecule has 7 N–H and O–H groups in total. The maximum absolute atomic E-state index is 14.3. The summed E-state index contributed by atoms with van der Waals surface area (Å²) in [6, 6.07) is 4.66. The Morgan fingerprint density at radius 3 is 2.36 bits per heavy atom. The van der Waals surface area contributed by atoms with Crippen LogP contribution in [0.4, 0.5) is 5.69 Å². The molecule has 1 heterocycles. The highest BCUT2D eigenvalue weighted by molar-refractivity contribution is 7.15. The standard InChI is InChI=1S/C32H40N4O7S/c1-31(2,3)34-13-15-8-9-20(44-15)17-12-19(35(4)5)16-10-14-11-18-24(36(6)7)27(39)23(30(33)42)29(41)32(18,43)28(40)21(14)26(38)22(16)25(17)37/h8-9,12,14,18,24,34,37,39-40,43H,10-11,13H2,1-7H3,(H2,33,42). The summed E-state index contributed by atoms with van der Waals surface area (Å²) in [7, 11) is 6.89. The Hall–Kier alpha value is -3.71. The van der Waals surface area contributed by atoms with Crippen LogP contribution in [0.15, 0.2) is 40.9 Å². The molecule has 44 heavy (non-hydrogen) atoms. The van der Waals surface area contributed by atoms with Crippen molar-refractivity contribution < 1.29 is 34.8 Å². The number of ketones is 2. The van der Waals surface area contributed by atoms with Gasteiger partial charge in [0.1, 0.15) is 22.8 Å². The lowest BCUT2D eigenvalue weighted by Gasteiger charge is -2.50. The maximum Gasteiger partial charge on any atom is 0.255 e. The van der Waals surface area contributed by atoms with Crippen molar-refractivity contribution in [2.45, 2.75) is 57.3 Å². The summed E-state index contributed by atoms with van der Waals surface area (Å²) in [5.74, 6) is -6.64. The minimum absolute atomic E-state index is 0.00486. The van der Waals surface area contributed by atoms with Crippen LogP contribution in [0.25, 0.3) is 10.4 Å². The minimum Gasteiger partial charge on any atom is -0.510 e. The number of anilines is 1. The van der Waals surface area contributed by atoms with Crippen molar-refractivity contribution in [3.63, 3.8) is 0 Å². The molecule has 5 rings (SSSR count). The zero-order valence-corrected chi connectivity index (χ0v) is 26.8. The third-order valence-corrected chi connectivity index (χ3v) is 10.0. The van der Waals surface area contributed by atoms with E-state index in [-0.39, 0.29) is 35.3 Å². The fraction of sp³-hybridized carbons (Fsp3) is 0.469. The molecule has 1 aromatic carbocycles. The van der Waals surface area contributed by atoms with Gasteiger partial charge in [-0.2, -0.15) is 0 Å². The number of hydrogen-bond acceptors (Lipinski definition) is 11. The number of fused-ring (bicyclic) bond motifs is 3. The van der Waals surface area contributed by atoms with Crippen molar-refractivity contribution in [2.24, 2.45) is 17.6 Å². The van der Waals surface area contributed by atoms with Gasteiger partial charge in [-0.05, 0) is 77.4 Å². The van der Waals surface area contributed by atoms with E-state index in [9.17, 15) is 34.8 Å². The van der Waals surface area contributed by atoms with E-state index in [1.54, 1.807) is 14.1 Å². The molecular weight excluding hydrogens is 584 g/mol. The third-order valence-electron chi connectivity index (χ3n) is 8.90. The number of hydrogen-bond donors (Lipinski definition) is 6. The largest absolute Gasteiger partial charge is 0.510 e. The number of carbonyl (C=O) groups is 3. The summed E-state index contributed by atoms with van der Waals surface area (Å²) in [6.07, 6.45) is 0.261. The Balaban J connectivity index is 1.67. The van der Waals surface area contributed by atoms with E-state index in [1.165, 1.54) is 16.2 Å². The smallest absolute Gasteiger partial charge is 0.255 e. The molecule has 0 bridgehead atoms. The summed E-state index contributed by atoms with van der Waals surface area (Å²) in [5.41, 5.74) is 3.40. The van der Waals surface area contributed by atoms with E-state index < -0.39 is 58.0 Å². The SMILES string of the molecule is CN(C)c1cc(-c2ccc(CNC(C)(C)C)s2)c(O)c2c1CC1CC3C(N(C)C)C(O)=C(C(N)=O)C(=O)C3(O)C(O)=C1C2=O. The monoisotopic (exact) mass is 624 g/mol. The first-order valence-electron chi connectivity index (χ1n) is 14.4. The Morgan fingerprint density at radius 2 is 1.80 bits per heavy atom. The van der Waals surface area contributed by atoms with Crippen molar-refractivity contribution in [3.05, 3.63) is 56.9 Å². The molecule has 4 unspecified atom stereocenters. The number of phenolic OH excluding ortho intramolecular Hbond substituents is 1. The summed E-state index contributed by atoms with van der Waals surface area (Å²) >= 11 is 1.48. The number of nitrogens with zero attached hydrogens (tertiary/aromatic N) is 2. The molecule has 1 amide bonds. The highest BCUT2D eigenvalue weighted by Gasteiger charge is 2.63. The van der Waals surface area contributed by atoms with Gasteiger partial charge in [-0.3, -0.25) is 19.3 Å². The summed E-state index contributed by atoms with van der Waals surface area (Å²) in [6.45, 7) is 6.84. The first-order chi connectivity index (χ1) is 20.4. The number of phenols is 1. The molecule has 236 valence electrons. The summed E-state index contributed by atoms with van der Waals surface area (Å²) < 4.78 is 0. The number of nitrogens with one attached hydrogen (secondary N) is 1. The van der Waals surface area contributed by atoms with Gasteiger partial charge in [-0.15, -0.1) is 11.3 Å². The summed E-state index contributed by atoms with van der Waals surface area (Å²) in [5, 5.41) is 49.5. The van der Waals surface area contributed by atoms with Crippen LogP contribution >= 0.6 is 11.3 Å². The molecule has 3 aliphatic rings. The fourth-order valence-corrected chi connectivity index (χ4v) is 7.82. The third kappa shape index (κ3) is 4.80. The molecule has 0 saturated heterocycles. The van der Waals surface area contributed by atoms with Crippen LogP contribution in [0.1, 0.15) is 48.0 Å². The molecule has 0 radical (unpaired) electrons. The second-order valence-electron chi connectivity index (χ2n) is 13.4. The molecule has 0 fully saturated rings. The van der Waals surface area contributed by atoms with Crippen LogP contribution in [-0.4, -0.2) is 88.2 Å². The lowest BCUT2D eigenvalue weighted by atomic mass is 9.58. The van der Waals surface area contributed by atoms with Crippen LogP contribution in [-0.2, 0) is 22.6 Å². The average molecular weight is 625 g/mol.